The molecule has 0 bridgehead atoms. The Labute approximate surface area is 97.5 Å². The summed E-state index contributed by atoms with van der Waals surface area (Å²) in [7, 11) is 0. The highest BCUT2D eigenvalue weighted by Crippen LogP contribution is 2.28. The lowest BCUT2D eigenvalue weighted by molar-refractivity contribution is -0.116. The molecule has 1 rings (SSSR count). The zero-order valence-corrected chi connectivity index (χ0v) is 9.55. The summed E-state index contributed by atoms with van der Waals surface area (Å²) in [6.45, 7) is 1.31. The lowest BCUT2D eigenvalue weighted by Gasteiger charge is -2.11. The number of benzene rings is 1. The van der Waals surface area contributed by atoms with Crippen LogP contribution in [0, 0.1) is 0 Å². The minimum Gasteiger partial charge on any atom is -0.478 e. The summed E-state index contributed by atoms with van der Waals surface area (Å²) < 4.78 is 0. The maximum atomic E-state index is 11.1. The third-order valence-electron chi connectivity index (χ3n) is 1.92. The largest absolute Gasteiger partial charge is 0.478 e. The van der Waals surface area contributed by atoms with Crippen molar-refractivity contribution in [2.75, 3.05) is 0 Å². The van der Waals surface area contributed by atoms with Crippen LogP contribution in [0.4, 0.5) is 0 Å². The number of Topliss-reactive ketones (excluding diaryl/α,β-unsaturated/α-hetero) is 1. The molecule has 0 radical (unpaired) electrons. The number of hydrogen-bond donors (Lipinski definition) is 2. The van der Waals surface area contributed by atoms with Crippen LogP contribution in [0.3, 0.4) is 0 Å². The molecule has 1 N–H and O–H groups in total. The molecule has 0 saturated heterocycles. The molecule has 1 aromatic rings. The highest BCUT2D eigenvalue weighted by molar-refractivity contribution is 7.80. The lowest BCUT2D eigenvalue weighted by Crippen LogP contribution is -2.10. The van der Waals surface area contributed by atoms with E-state index in [1.165, 1.54) is 13.0 Å². The molecule has 0 amide bonds. The molecule has 0 spiro atoms. The van der Waals surface area contributed by atoms with Crippen LogP contribution in [0.25, 0.3) is 0 Å². The van der Waals surface area contributed by atoms with E-state index in [1.807, 2.05) is 0 Å². The predicted molar refractivity (Wildman–Crippen MR) is 59.9 cm³/mol. The Morgan fingerprint density at radius 2 is 2.07 bits per heavy atom. The number of thiol groups is 1. The topological polar surface area (TPSA) is 54.4 Å². The minimum atomic E-state index is -1.14. The van der Waals surface area contributed by atoms with Gasteiger partial charge in [-0.2, -0.15) is 0 Å². The summed E-state index contributed by atoms with van der Waals surface area (Å²) >= 11 is 9.83. The Hall–Kier alpha value is -1.00. The van der Waals surface area contributed by atoms with Crippen molar-refractivity contribution in [3.05, 3.63) is 29.3 Å². The maximum absolute atomic E-state index is 11.1. The maximum Gasteiger partial charge on any atom is 0.337 e. The molecular weight excluding hydrogens is 236 g/mol. The molecule has 0 heterocycles. The summed E-state index contributed by atoms with van der Waals surface area (Å²) in [4.78, 5) is 22.3. The molecule has 0 aliphatic heterocycles. The van der Waals surface area contributed by atoms with E-state index in [-0.39, 0.29) is 16.9 Å². The van der Waals surface area contributed by atoms with Crippen LogP contribution < -0.4 is 0 Å². The van der Waals surface area contributed by atoms with Crippen molar-refractivity contribution in [1.29, 1.82) is 0 Å². The molecule has 0 aromatic heterocycles. The third-order valence-corrected chi connectivity index (χ3v) is 2.83. The van der Waals surface area contributed by atoms with E-state index < -0.39 is 11.3 Å². The van der Waals surface area contributed by atoms with Gasteiger partial charge in [-0.1, -0.05) is 12.1 Å². The van der Waals surface area contributed by atoms with Gasteiger partial charge in [0.05, 0.1) is 5.56 Å². The number of carbonyl (C=O) groups is 2. The van der Waals surface area contributed by atoms with Crippen LogP contribution in [0.5, 0.6) is 0 Å². The van der Waals surface area contributed by atoms with Crippen molar-refractivity contribution in [2.45, 2.75) is 17.2 Å². The molecule has 15 heavy (non-hydrogen) atoms. The number of carboxylic acids is 1. The Bertz CT molecular complexity index is 417. The number of alkyl halides is 1. The molecule has 0 fully saturated rings. The molecule has 1 unspecified atom stereocenters. The molecule has 0 aliphatic rings. The Morgan fingerprint density at radius 1 is 1.47 bits per heavy atom. The average molecular weight is 245 g/mol. The van der Waals surface area contributed by atoms with Gasteiger partial charge in [0, 0.05) is 4.90 Å². The molecule has 1 atom stereocenters. The molecule has 3 nitrogen and oxygen atoms in total. The molecular formula is C10H9ClO3S. The predicted octanol–water partition coefficient (Wildman–Crippen LogP) is 2.54. The van der Waals surface area contributed by atoms with Crippen LogP contribution in [0.15, 0.2) is 23.1 Å². The Morgan fingerprint density at radius 3 is 2.53 bits per heavy atom. The zero-order chi connectivity index (χ0) is 11.6. The van der Waals surface area contributed by atoms with Crippen LogP contribution in [0.1, 0.15) is 28.2 Å². The highest BCUT2D eigenvalue weighted by atomic mass is 35.5. The van der Waals surface area contributed by atoms with Gasteiger partial charge < -0.3 is 5.11 Å². The number of carboxylic acid groups (broad SMARTS) is 1. The normalized spacial score (nSPS) is 12.2. The number of carbonyl (C=O) groups excluding carboxylic acids is 1. The van der Waals surface area contributed by atoms with Gasteiger partial charge in [0.15, 0.2) is 5.78 Å². The van der Waals surface area contributed by atoms with Gasteiger partial charge in [0.2, 0.25) is 0 Å². The lowest BCUT2D eigenvalue weighted by atomic mass is 10.0. The van der Waals surface area contributed by atoms with Gasteiger partial charge in [-0.05, 0) is 18.6 Å². The van der Waals surface area contributed by atoms with Gasteiger partial charge in [-0.25, -0.2) is 4.79 Å². The Balaban J connectivity index is 3.35. The summed E-state index contributed by atoms with van der Waals surface area (Å²) in [6.07, 6.45) is 0. The third kappa shape index (κ3) is 2.52. The first-order valence-corrected chi connectivity index (χ1v) is 5.03. The fraction of sp³-hybridized carbons (Fsp3) is 0.200. The fourth-order valence-corrected chi connectivity index (χ4v) is 1.71. The van der Waals surface area contributed by atoms with Crippen molar-refractivity contribution in [3.8, 4) is 0 Å². The minimum absolute atomic E-state index is 0.0176. The average Bonchev–Trinajstić information content (AvgIpc) is 2.15. The zero-order valence-electron chi connectivity index (χ0n) is 7.90. The van der Waals surface area contributed by atoms with Crippen LogP contribution in [-0.4, -0.2) is 16.9 Å². The Kier molecular flexibility index (Phi) is 3.77. The van der Waals surface area contributed by atoms with Gasteiger partial charge in [-0.15, -0.1) is 24.2 Å². The second kappa shape index (κ2) is 4.68. The summed E-state index contributed by atoms with van der Waals surface area (Å²) in [5, 5.41) is 8.02. The van der Waals surface area contributed by atoms with Crippen molar-refractivity contribution in [2.24, 2.45) is 0 Å². The molecule has 5 heteroatoms. The van der Waals surface area contributed by atoms with E-state index >= 15 is 0 Å². The van der Waals surface area contributed by atoms with Crippen molar-refractivity contribution >= 4 is 36.0 Å². The summed E-state index contributed by atoms with van der Waals surface area (Å²) in [6, 6.07) is 4.67. The quantitative estimate of drug-likeness (QED) is 0.635. The number of halogens is 1. The second-order valence-electron chi connectivity index (χ2n) is 3.02. The standard InChI is InChI=1S/C10H9ClO3S/c1-5(12)9(11)6-3-2-4-7(15)8(6)10(13)14/h2-4,9,15H,1H3,(H,13,14). The van der Waals surface area contributed by atoms with E-state index in [0.717, 1.165) is 0 Å². The second-order valence-corrected chi connectivity index (χ2v) is 3.94. The van der Waals surface area contributed by atoms with Crippen molar-refractivity contribution < 1.29 is 14.7 Å². The van der Waals surface area contributed by atoms with Gasteiger partial charge in [0.1, 0.15) is 5.38 Å². The van der Waals surface area contributed by atoms with Crippen LogP contribution >= 0.6 is 24.2 Å². The van der Waals surface area contributed by atoms with Crippen molar-refractivity contribution in [3.63, 3.8) is 0 Å². The molecule has 1 aromatic carbocycles. The van der Waals surface area contributed by atoms with E-state index in [4.69, 9.17) is 16.7 Å². The van der Waals surface area contributed by atoms with Crippen LogP contribution in [0.2, 0.25) is 0 Å². The number of hydrogen-bond acceptors (Lipinski definition) is 3. The fourth-order valence-electron chi connectivity index (χ4n) is 1.22. The van der Waals surface area contributed by atoms with Crippen molar-refractivity contribution in [1.82, 2.24) is 0 Å². The van der Waals surface area contributed by atoms with Gasteiger partial charge in [0.25, 0.3) is 0 Å². The van der Waals surface area contributed by atoms with E-state index in [0.29, 0.717) is 4.90 Å². The van der Waals surface area contributed by atoms with E-state index in [1.54, 1.807) is 12.1 Å². The van der Waals surface area contributed by atoms with Gasteiger partial charge in [-0.3, -0.25) is 4.79 Å². The number of ketones is 1. The van der Waals surface area contributed by atoms with E-state index in [2.05, 4.69) is 12.6 Å². The highest BCUT2D eigenvalue weighted by Gasteiger charge is 2.22. The first-order valence-electron chi connectivity index (χ1n) is 4.15. The number of aromatic carboxylic acids is 1. The van der Waals surface area contributed by atoms with E-state index in [9.17, 15) is 9.59 Å². The molecule has 0 aliphatic carbocycles. The smallest absolute Gasteiger partial charge is 0.337 e. The van der Waals surface area contributed by atoms with Crippen LogP contribution in [-0.2, 0) is 4.79 Å². The first-order chi connectivity index (χ1) is 6.95. The summed E-state index contributed by atoms with van der Waals surface area (Å²) in [5.41, 5.74) is 0.264. The van der Waals surface area contributed by atoms with Gasteiger partial charge >= 0.3 is 5.97 Å². The molecule has 80 valence electrons. The number of rotatable bonds is 3. The summed E-state index contributed by atoms with van der Waals surface area (Å²) in [5.74, 6) is -1.43. The SMILES string of the molecule is CC(=O)C(Cl)c1cccc(S)c1C(=O)O. The molecule has 0 saturated carbocycles. The first kappa shape index (κ1) is 12.1. The monoisotopic (exact) mass is 244 g/mol.